The summed E-state index contributed by atoms with van der Waals surface area (Å²) in [4.78, 5) is 4.20. The maximum absolute atomic E-state index is 12.2. The summed E-state index contributed by atoms with van der Waals surface area (Å²) in [5.41, 5.74) is 0.339. The third kappa shape index (κ3) is 4.86. The summed E-state index contributed by atoms with van der Waals surface area (Å²) in [5.74, 6) is 0.941. The number of aromatic nitrogens is 1. The highest BCUT2D eigenvalue weighted by atomic mass is 35.5. The van der Waals surface area contributed by atoms with Gasteiger partial charge in [0.25, 0.3) is 0 Å². The van der Waals surface area contributed by atoms with Gasteiger partial charge in [-0.05, 0) is 30.0 Å². The van der Waals surface area contributed by atoms with Crippen molar-refractivity contribution in [2.24, 2.45) is 0 Å². The number of nitrogens with one attached hydrogen (secondary N) is 1. The molecule has 1 N–H and O–H groups in total. The molecule has 3 aromatic rings. The lowest BCUT2D eigenvalue weighted by atomic mass is 10.1. The first-order chi connectivity index (χ1) is 12.1. The van der Waals surface area contributed by atoms with Crippen LogP contribution < -0.4 is 9.46 Å². The van der Waals surface area contributed by atoms with Gasteiger partial charge >= 0.3 is 0 Å². The molecule has 5 nitrogen and oxygen atoms in total. The van der Waals surface area contributed by atoms with Crippen LogP contribution in [0.2, 0.25) is 0 Å². The minimum atomic E-state index is -3.42. The Balaban J connectivity index is 0.00000243. The molecule has 0 aliphatic heterocycles. The number of anilines is 1. The van der Waals surface area contributed by atoms with Gasteiger partial charge in [0.15, 0.2) is 0 Å². The van der Waals surface area contributed by atoms with Gasteiger partial charge in [0.05, 0.1) is 5.75 Å². The maximum Gasteiger partial charge on any atom is 0.243 e. The summed E-state index contributed by atoms with van der Waals surface area (Å²) in [6.07, 6.45) is 2.99. The Hall–Kier alpha value is -2.31. The Morgan fingerprint density at radius 3 is 2.62 bits per heavy atom. The standard InChI is InChI=1S/C19H20N2O3S.ClH/c1-2-3-14-25(22,23)21-17-11-7-13-20-19(17)24-18-12-6-9-15-8-4-5-10-16(15)18;/h4-13,21H,2-3,14H2,1H3;1H. The predicted octanol–water partition coefficient (Wildman–Crippen LogP) is 4.99. The highest BCUT2D eigenvalue weighted by Gasteiger charge is 2.15. The molecule has 0 fully saturated rings. The van der Waals surface area contributed by atoms with Crippen LogP contribution in [-0.2, 0) is 10.0 Å². The van der Waals surface area contributed by atoms with E-state index in [4.69, 9.17) is 4.74 Å². The summed E-state index contributed by atoms with van der Waals surface area (Å²) in [5, 5.41) is 1.98. The second-order valence-electron chi connectivity index (χ2n) is 5.71. The van der Waals surface area contributed by atoms with E-state index in [1.54, 1.807) is 18.3 Å². The Morgan fingerprint density at radius 1 is 1.04 bits per heavy atom. The molecule has 138 valence electrons. The minimum Gasteiger partial charge on any atom is -0.436 e. The van der Waals surface area contributed by atoms with Gasteiger partial charge in [-0.3, -0.25) is 4.72 Å². The number of halogens is 1. The minimum absolute atomic E-state index is 0. The van der Waals surface area contributed by atoms with Crippen LogP contribution in [0, 0.1) is 0 Å². The Labute approximate surface area is 159 Å². The summed E-state index contributed by atoms with van der Waals surface area (Å²) < 4.78 is 32.9. The van der Waals surface area contributed by atoms with Crippen LogP contribution in [0.4, 0.5) is 5.69 Å². The summed E-state index contributed by atoms with van der Waals surface area (Å²) >= 11 is 0. The van der Waals surface area contributed by atoms with E-state index in [2.05, 4.69) is 9.71 Å². The van der Waals surface area contributed by atoms with E-state index in [9.17, 15) is 8.42 Å². The number of benzene rings is 2. The van der Waals surface area contributed by atoms with E-state index < -0.39 is 10.0 Å². The fourth-order valence-electron chi connectivity index (χ4n) is 2.49. The predicted molar refractivity (Wildman–Crippen MR) is 108 cm³/mol. The molecular formula is C19H21ClN2O3S. The van der Waals surface area contributed by atoms with E-state index in [1.807, 2.05) is 49.4 Å². The number of nitrogens with zero attached hydrogens (tertiary/aromatic N) is 1. The van der Waals surface area contributed by atoms with Crippen molar-refractivity contribution in [3.05, 3.63) is 60.8 Å². The lowest BCUT2D eigenvalue weighted by Gasteiger charge is -2.13. The number of rotatable bonds is 7. The largest absolute Gasteiger partial charge is 0.436 e. The smallest absolute Gasteiger partial charge is 0.243 e. The van der Waals surface area contributed by atoms with E-state index in [1.165, 1.54) is 0 Å². The summed E-state index contributed by atoms with van der Waals surface area (Å²) in [6, 6.07) is 16.9. The van der Waals surface area contributed by atoms with Crippen LogP contribution in [0.3, 0.4) is 0 Å². The number of fused-ring (bicyclic) bond motifs is 1. The maximum atomic E-state index is 12.2. The molecule has 0 spiro atoms. The summed E-state index contributed by atoms with van der Waals surface area (Å²) in [6.45, 7) is 1.95. The summed E-state index contributed by atoms with van der Waals surface area (Å²) in [7, 11) is -3.42. The zero-order valence-electron chi connectivity index (χ0n) is 14.4. The van der Waals surface area contributed by atoms with Crippen LogP contribution in [0.1, 0.15) is 19.8 Å². The molecule has 0 unspecified atom stereocenters. The van der Waals surface area contributed by atoms with Crippen molar-refractivity contribution in [3.63, 3.8) is 0 Å². The molecule has 0 bridgehead atoms. The van der Waals surface area contributed by atoms with Gasteiger partial charge in [-0.1, -0.05) is 49.7 Å². The molecule has 2 aromatic carbocycles. The van der Waals surface area contributed by atoms with Crippen LogP contribution in [0.25, 0.3) is 10.8 Å². The van der Waals surface area contributed by atoms with Gasteiger partial charge in [0.1, 0.15) is 11.4 Å². The molecule has 0 amide bonds. The first kappa shape index (κ1) is 20.0. The Morgan fingerprint density at radius 2 is 1.81 bits per heavy atom. The van der Waals surface area contributed by atoms with Crippen LogP contribution in [0.5, 0.6) is 11.6 Å². The Bertz CT molecular complexity index is 972. The third-order valence-electron chi connectivity index (χ3n) is 3.76. The number of hydrogen-bond acceptors (Lipinski definition) is 4. The van der Waals surface area contributed by atoms with Crippen LogP contribution >= 0.6 is 12.4 Å². The van der Waals surface area contributed by atoms with Crippen molar-refractivity contribution < 1.29 is 13.2 Å². The highest BCUT2D eigenvalue weighted by Crippen LogP contribution is 2.32. The molecule has 0 aliphatic carbocycles. The second kappa shape index (κ2) is 8.87. The number of pyridine rings is 1. The molecule has 1 heterocycles. The second-order valence-corrected chi connectivity index (χ2v) is 7.55. The quantitative estimate of drug-likeness (QED) is 0.614. The zero-order chi connectivity index (χ0) is 17.7. The van der Waals surface area contributed by atoms with Crippen LogP contribution in [-0.4, -0.2) is 19.2 Å². The molecule has 7 heteroatoms. The average molecular weight is 393 g/mol. The topological polar surface area (TPSA) is 68.3 Å². The first-order valence-electron chi connectivity index (χ1n) is 8.20. The molecule has 0 saturated heterocycles. The SMILES string of the molecule is CCCCS(=O)(=O)Nc1cccnc1Oc1cccc2ccccc12.Cl. The average Bonchev–Trinajstić information content (AvgIpc) is 2.62. The van der Waals surface area contributed by atoms with E-state index in [0.717, 1.165) is 17.2 Å². The number of sulfonamides is 1. The molecular weight excluding hydrogens is 372 g/mol. The van der Waals surface area contributed by atoms with E-state index in [-0.39, 0.29) is 24.0 Å². The van der Waals surface area contributed by atoms with Crippen molar-refractivity contribution in [2.75, 3.05) is 10.5 Å². The number of ether oxygens (including phenoxy) is 1. The Kier molecular flexibility index (Phi) is 6.83. The monoisotopic (exact) mass is 392 g/mol. The lowest BCUT2D eigenvalue weighted by Crippen LogP contribution is -2.17. The molecule has 1 aromatic heterocycles. The van der Waals surface area contributed by atoms with Crippen molar-refractivity contribution in [1.82, 2.24) is 4.98 Å². The first-order valence-corrected chi connectivity index (χ1v) is 9.85. The normalized spacial score (nSPS) is 11.0. The highest BCUT2D eigenvalue weighted by molar-refractivity contribution is 7.92. The molecule has 0 radical (unpaired) electrons. The van der Waals surface area contributed by atoms with Crippen molar-refractivity contribution in [2.45, 2.75) is 19.8 Å². The molecule has 0 atom stereocenters. The lowest BCUT2D eigenvalue weighted by molar-refractivity contribution is 0.470. The van der Waals surface area contributed by atoms with Gasteiger partial charge < -0.3 is 4.74 Å². The van der Waals surface area contributed by atoms with Gasteiger partial charge in [0.2, 0.25) is 15.9 Å². The molecule has 0 aliphatic rings. The molecule has 3 rings (SSSR count). The van der Waals surface area contributed by atoms with E-state index >= 15 is 0 Å². The van der Waals surface area contributed by atoms with Gasteiger partial charge in [-0.15, -0.1) is 12.4 Å². The molecule has 0 saturated carbocycles. The van der Waals surface area contributed by atoms with Crippen molar-refractivity contribution >= 4 is 38.9 Å². The number of unbranched alkanes of at least 4 members (excludes halogenated alkanes) is 1. The van der Waals surface area contributed by atoms with Gasteiger partial charge in [0, 0.05) is 11.6 Å². The zero-order valence-corrected chi connectivity index (χ0v) is 16.0. The molecule has 26 heavy (non-hydrogen) atoms. The fraction of sp³-hybridized carbons (Fsp3) is 0.211. The van der Waals surface area contributed by atoms with Crippen LogP contribution in [0.15, 0.2) is 60.8 Å². The van der Waals surface area contributed by atoms with Gasteiger partial charge in [-0.2, -0.15) is 0 Å². The van der Waals surface area contributed by atoms with Gasteiger partial charge in [-0.25, -0.2) is 13.4 Å². The fourth-order valence-corrected chi connectivity index (χ4v) is 3.75. The van der Waals surface area contributed by atoms with Crippen molar-refractivity contribution in [3.8, 4) is 11.6 Å². The number of hydrogen-bond donors (Lipinski definition) is 1. The third-order valence-corrected chi connectivity index (χ3v) is 5.12. The van der Waals surface area contributed by atoms with Crippen molar-refractivity contribution in [1.29, 1.82) is 0 Å². The van der Waals surface area contributed by atoms with E-state index in [0.29, 0.717) is 17.9 Å².